The zero-order valence-electron chi connectivity index (χ0n) is 12.9. The number of aliphatic carboxylic acids is 1. The highest BCUT2D eigenvalue weighted by molar-refractivity contribution is 5.70. The molecule has 2 heterocycles. The van der Waals surface area contributed by atoms with Crippen LogP contribution in [-0.4, -0.2) is 32.6 Å². The third kappa shape index (κ3) is 2.84. The molecule has 1 aromatic heterocycles. The first-order valence-electron chi connectivity index (χ1n) is 7.92. The molecule has 5 nitrogen and oxygen atoms in total. The molecule has 21 heavy (non-hydrogen) atoms. The number of aromatic nitrogens is 2. The molecule has 0 aromatic carbocycles. The summed E-state index contributed by atoms with van der Waals surface area (Å²) in [5.74, 6) is -0.803. The lowest BCUT2D eigenvalue weighted by atomic mass is 9.98. The first kappa shape index (κ1) is 14.6. The van der Waals surface area contributed by atoms with E-state index in [2.05, 4.69) is 5.10 Å². The quantitative estimate of drug-likeness (QED) is 0.926. The fraction of sp³-hybridized carbons (Fsp3) is 0.750. The van der Waals surface area contributed by atoms with E-state index in [1.165, 1.54) is 32.1 Å². The molecule has 1 aliphatic carbocycles. The van der Waals surface area contributed by atoms with Crippen molar-refractivity contribution >= 4 is 5.97 Å². The van der Waals surface area contributed by atoms with Gasteiger partial charge in [-0.05, 0) is 39.5 Å². The first-order chi connectivity index (χ1) is 9.99. The molecule has 5 heteroatoms. The maximum atomic E-state index is 10.9. The van der Waals surface area contributed by atoms with Crippen molar-refractivity contribution < 1.29 is 14.6 Å². The SMILES string of the molecule is Cc1nn(CC2CCC3(CCCC3)O2)c(C)c1CC(=O)O. The number of rotatable bonds is 4. The Bertz CT molecular complexity index is 544. The van der Waals surface area contributed by atoms with Gasteiger partial charge in [-0.2, -0.15) is 5.10 Å². The van der Waals surface area contributed by atoms with Crippen LogP contribution in [0.3, 0.4) is 0 Å². The van der Waals surface area contributed by atoms with Crippen LogP contribution in [-0.2, 0) is 22.5 Å². The third-order valence-corrected chi connectivity index (χ3v) is 5.09. The monoisotopic (exact) mass is 292 g/mol. The lowest BCUT2D eigenvalue weighted by Gasteiger charge is -2.24. The van der Waals surface area contributed by atoms with Crippen molar-refractivity contribution in [1.29, 1.82) is 0 Å². The molecule has 0 bridgehead atoms. The van der Waals surface area contributed by atoms with Gasteiger partial charge < -0.3 is 9.84 Å². The number of carbonyl (C=O) groups is 1. The van der Waals surface area contributed by atoms with Crippen LogP contribution < -0.4 is 0 Å². The summed E-state index contributed by atoms with van der Waals surface area (Å²) in [6.45, 7) is 4.59. The average Bonchev–Trinajstić information content (AvgIpc) is 3.10. The molecule has 2 fully saturated rings. The second-order valence-electron chi connectivity index (χ2n) is 6.57. The highest BCUT2D eigenvalue weighted by Gasteiger charge is 2.42. The van der Waals surface area contributed by atoms with E-state index in [0.29, 0.717) is 0 Å². The standard InChI is InChI=1S/C16H24N2O3/c1-11-14(9-15(19)20)12(2)18(17-11)10-13-5-8-16(21-13)6-3-4-7-16/h13H,3-10H2,1-2H3,(H,19,20). The maximum Gasteiger partial charge on any atom is 0.307 e. The molecule has 1 saturated heterocycles. The summed E-state index contributed by atoms with van der Waals surface area (Å²) in [6.07, 6.45) is 7.50. The molecule has 1 atom stereocenters. The molecular weight excluding hydrogens is 268 g/mol. The van der Waals surface area contributed by atoms with Crippen molar-refractivity contribution in [2.24, 2.45) is 0 Å². The number of hydrogen-bond donors (Lipinski definition) is 1. The van der Waals surface area contributed by atoms with E-state index in [1.54, 1.807) is 0 Å². The number of ether oxygens (including phenoxy) is 1. The van der Waals surface area contributed by atoms with E-state index in [4.69, 9.17) is 9.84 Å². The Kier molecular flexibility index (Phi) is 3.78. The van der Waals surface area contributed by atoms with Crippen LogP contribution in [0.2, 0.25) is 0 Å². The van der Waals surface area contributed by atoms with Crippen molar-refractivity contribution in [1.82, 2.24) is 9.78 Å². The summed E-state index contributed by atoms with van der Waals surface area (Å²) in [7, 11) is 0. The molecule has 3 rings (SSSR count). The van der Waals surface area contributed by atoms with Gasteiger partial charge in [0.25, 0.3) is 0 Å². The first-order valence-corrected chi connectivity index (χ1v) is 7.92. The van der Waals surface area contributed by atoms with Crippen LogP contribution in [0.1, 0.15) is 55.5 Å². The second-order valence-corrected chi connectivity index (χ2v) is 6.57. The van der Waals surface area contributed by atoms with E-state index in [-0.39, 0.29) is 18.1 Å². The Labute approximate surface area is 125 Å². The predicted molar refractivity (Wildman–Crippen MR) is 78.3 cm³/mol. The van der Waals surface area contributed by atoms with Crippen molar-refractivity contribution in [2.45, 2.75) is 77.0 Å². The topological polar surface area (TPSA) is 64.4 Å². The highest BCUT2D eigenvalue weighted by Crippen LogP contribution is 2.43. The van der Waals surface area contributed by atoms with Gasteiger partial charge in [0.1, 0.15) is 0 Å². The fourth-order valence-corrected chi connectivity index (χ4v) is 3.92. The van der Waals surface area contributed by atoms with E-state index < -0.39 is 5.97 Å². The summed E-state index contributed by atoms with van der Waals surface area (Å²) in [4.78, 5) is 10.9. The Balaban J connectivity index is 1.70. The predicted octanol–water partition coefficient (Wildman–Crippen LogP) is 2.62. The second kappa shape index (κ2) is 5.44. The molecule has 0 radical (unpaired) electrons. The van der Waals surface area contributed by atoms with E-state index in [9.17, 15) is 4.79 Å². The van der Waals surface area contributed by atoms with Crippen LogP contribution >= 0.6 is 0 Å². The van der Waals surface area contributed by atoms with E-state index in [1.807, 2.05) is 18.5 Å². The van der Waals surface area contributed by atoms with Crippen molar-refractivity contribution in [2.75, 3.05) is 0 Å². The Hall–Kier alpha value is -1.36. The largest absolute Gasteiger partial charge is 0.481 e. The number of carboxylic acids is 1. The van der Waals surface area contributed by atoms with E-state index in [0.717, 1.165) is 29.9 Å². The molecule has 0 amide bonds. The van der Waals surface area contributed by atoms with Gasteiger partial charge in [-0.25, -0.2) is 0 Å². The molecule has 1 aromatic rings. The van der Waals surface area contributed by atoms with Crippen LogP contribution in [0.15, 0.2) is 0 Å². The lowest BCUT2D eigenvalue weighted by Crippen LogP contribution is -2.27. The third-order valence-electron chi connectivity index (χ3n) is 5.09. The zero-order chi connectivity index (χ0) is 15.0. The normalized spacial score (nSPS) is 24.0. The minimum Gasteiger partial charge on any atom is -0.481 e. The van der Waals surface area contributed by atoms with Gasteiger partial charge in [-0.1, -0.05) is 12.8 Å². The molecule has 1 unspecified atom stereocenters. The smallest absolute Gasteiger partial charge is 0.307 e. The summed E-state index contributed by atoms with van der Waals surface area (Å²) in [5, 5.41) is 13.5. The summed E-state index contributed by atoms with van der Waals surface area (Å²) in [5.41, 5.74) is 2.77. The lowest BCUT2D eigenvalue weighted by molar-refractivity contribution is -0.136. The summed E-state index contributed by atoms with van der Waals surface area (Å²) >= 11 is 0. The molecule has 2 aliphatic rings. The van der Waals surface area contributed by atoms with Crippen LogP contribution in [0.5, 0.6) is 0 Å². The van der Waals surface area contributed by atoms with Crippen LogP contribution in [0, 0.1) is 13.8 Å². The van der Waals surface area contributed by atoms with Gasteiger partial charge in [0.2, 0.25) is 0 Å². The average molecular weight is 292 g/mol. The van der Waals surface area contributed by atoms with Gasteiger partial charge in [-0.3, -0.25) is 9.48 Å². The Morgan fingerprint density at radius 3 is 2.76 bits per heavy atom. The van der Waals surface area contributed by atoms with Gasteiger partial charge in [0.15, 0.2) is 0 Å². The molecule has 1 spiro atoms. The molecule has 1 aliphatic heterocycles. The van der Waals surface area contributed by atoms with Gasteiger partial charge in [0.05, 0.1) is 30.4 Å². The van der Waals surface area contributed by atoms with Crippen molar-refractivity contribution in [3.8, 4) is 0 Å². The molecular formula is C16H24N2O3. The van der Waals surface area contributed by atoms with Crippen molar-refractivity contribution in [3.63, 3.8) is 0 Å². The number of hydrogen-bond acceptors (Lipinski definition) is 3. The van der Waals surface area contributed by atoms with Crippen molar-refractivity contribution in [3.05, 3.63) is 17.0 Å². The Morgan fingerprint density at radius 1 is 1.38 bits per heavy atom. The minimum absolute atomic E-state index is 0.0487. The number of carboxylic acid groups (broad SMARTS) is 1. The minimum atomic E-state index is -0.803. The zero-order valence-corrected chi connectivity index (χ0v) is 12.9. The maximum absolute atomic E-state index is 10.9. The summed E-state index contributed by atoms with van der Waals surface area (Å²) < 4.78 is 8.26. The molecule has 1 saturated carbocycles. The summed E-state index contributed by atoms with van der Waals surface area (Å²) in [6, 6.07) is 0. The fourth-order valence-electron chi connectivity index (χ4n) is 3.92. The van der Waals surface area contributed by atoms with Gasteiger partial charge >= 0.3 is 5.97 Å². The highest BCUT2D eigenvalue weighted by atomic mass is 16.5. The van der Waals surface area contributed by atoms with Gasteiger partial charge in [0, 0.05) is 11.3 Å². The van der Waals surface area contributed by atoms with Crippen LogP contribution in [0.25, 0.3) is 0 Å². The Morgan fingerprint density at radius 2 is 2.10 bits per heavy atom. The number of nitrogens with zero attached hydrogens (tertiary/aromatic N) is 2. The van der Waals surface area contributed by atoms with Crippen LogP contribution in [0.4, 0.5) is 0 Å². The van der Waals surface area contributed by atoms with E-state index >= 15 is 0 Å². The van der Waals surface area contributed by atoms with Gasteiger partial charge in [-0.15, -0.1) is 0 Å². The number of aryl methyl sites for hydroxylation is 1. The molecule has 116 valence electrons. The molecule has 1 N–H and O–H groups in total.